The zero-order valence-corrected chi connectivity index (χ0v) is 9.38. The van der Waals surface area contributed by atoms with Crippen molar-refractivity contribution in [2.45, 2.75) is 25.7 Å². The SMILES string of the molecule is C[S+](Cl)CCCCCC(=O)O.[Cl-]. The van der Waals surface area contributed by atoms with Gasteiger partial charge in [-0.05, 0) is 19.3 Å². The molecule has 0 fully saturated rings. The van der Waals surface area contributed by atoms with E-state index in [0.29, 0.717) is 6.42 Å². The van der Waals surface area contributed by atoms with Crippen molar-refractivity contribution in [1.82, 2.24) is 0 Å². The highest BCUT2D eigenvalue weighted by Crippen LogP contribution is 2.05. The Morgan fingerprint density at radius 3 is 2.42 bits per heavy atom. The van der Waals surface area contributed by atoms with E-state index in [0.717, 1.165) is 25.0 Å². The molecule has 74 valence electrons. The van der Waals surface area contributed by atoms with Crippen molar-refractivity contribution in [2.75, 3.05) is 12.0 Å². The summed E-state index contributed by atoms with van der Waals surface area (Å²) in [5.74, 6) is 0.313. The summed E-state index contributed by atoms with van der Waals surface area (Å²) >= 11 is 0. The highest BCUT2D eigenvalue weighted by molar-refractivity contribution is 8.17. The van der Waals surface area contributed by atoms with Crippen LogP contribution in [-0.4, -0.2) is 23.1 Å². The lowest BCUT2D eigenvalue weighted by atomic mass is 10.2. The van der Waals surface area contributed by atoms with Gasteiger partial charge in [0.15, 0.2) is 10.7 Å². The molecule has 0 radical (unpaired) electrons. The molecule has 0 bridgehead atoms. The minimum Gasteiger partial charge on any atom is -1.00 e. The summed E-state index contributed by atoms with van der Waals surface area (Å²) in [6, 6.07) is 0. The second-order valence-corrected chi connectivity index (χ2v) is 5.55. The summed E-state index contributed by atoms with van der Waals surface area (Å²) in [6.45, 7) is 0. The van der Waals surface area contributed by atoms with E-state index >= 15 is 0 Å². The number of halogens is 2. The number of unbranched alkanes of at least 4 members (excludes halogenated alkanes) is 2. The van der Waals surface area contributed by atoms with Crippen molar-refractivity contribution in [1.29, 1.82) is 0 Å². The Morgan fingerprint density at radius 2 is 2.00 bits per heavy atom. The maximum atomic E-state index is 10.1. The molecule has 0 heterocycles. The van der Waals surface area contributed by atoms with Crippen LogP contribution in [0.2, 0.25) is 0 Å². The molecular weight excluding hydrogens is 219 g/mol. The molecule has 0 aliphatic rings. The van der Waals surface area contributed by atoms with Gasteiger partial charge in [0.2, 0.25) is 0 Å². The Balaban J connectivity index is 0. The second kappa shape index (κ2) is 9.49. The molecule has 0 aliphatic carbocycles. The maximum Gasteiger partial charge on any atom is 0.303 e. The number of carboxylic acid groups (broad SMARTS) is 1. The van der Waals surface area contributed by atoms with Gasteiger partial charge in [-0.25, -0.2) is 0 Å². The Kier molecular flexibility index (Phi) is 11.8. The molecule has 0 amide bonds. The third-order valence-electron chi connectivity index (χ3n) is 1.32. The van der Waals surface area contributed by atoms with E-state index < -0.39 is 5.97 Å². The molecular formula is C7H14Cl2O2S. The van der Waals surface area contributed by atoms with Crippen LogP contribution in [0.5, 0.6) is 0 Å². The highest BCUT2D eigenvalue weighted by Gasteiger charge is 2.05. The second-order valence-electron chi connectivity index (χ2n) is 2.46. The van der Waals surface area contributed by atoms with E-state index in [1.807, 2.05) is 6.26 Å². The molecule has 0 aromatic heterocycles. The zero-order chi connectivity index (χ0) is 8.69. The van der Waals surface area contributed by atoms with E-state index in [-0.39, 0.29) is 22.5 Å². The van der Waals surface area contributed by atoms with Gasteiger partial charge in [-0.2, -0.15) is 0 Å². The van der Waals surface area contributed by atoms with Gasteiger partial charge in [0.05, 0.1) is 10.1 Å². The maximum absolute atomic E-state index is 10.1. The monoisotopic (exact) mass is 232 g/mol. The summed E-state index contributed by atoms with van der Waals surface area (Å²) in [5.41, 5.74) is 0. The van der Waals surface area contributed by atoms with Crippen LogP contribution in [0.3, 0.4) is 0 Å². The summed E-state index contributed by atoms with van der Waals surface area (Å²) in [5, 5.41) is 8.30. The minimum absolute atomic E-state index is 0. The molecule has 1 unspecified atom stereocenters. The van der Waals surface area contributed by atoms with Crippen molar-refractivity contribution < 1.29 is 22.3 Å². The molecule has 5 heteroatoms. The molecule has 12 heavy (non-hydrogen) atoms. The van der Waals surface area contributed by atoms with Gasteiger partial charge in [0.25, 0.3) is 0 Å². The first-order chi connectivity index (χ1) is 5.13. The van der Waals surface area contributed by atoms with E-state index in [4.69, 9.17) is 15.8 Å². The summed E-state index contributed by atoms with van der Waals surface area (Å²) < 4.78 is 0. The predicted octanol–water partition coefficient (Wildman–Crippen LogP) is -0.963. The van der Waals surface area contributed by atoms with Gasteiger partial charge in [0.1, 0.15) is 12.0 Å². The Bertz CT molecular complexity index is 120. The molecule has 0 spiro atoms. The fraction of sp³-hybridized carbons (Fsp3) is 0.857. The Labute approximate surface area is 86.9 Å². The fourth-order valence-electron chi connectivity index (χ4n) is 0.754. The lowest BCUT2D eigenvalue weighted by Gasteiger charge is -1.94. The topological polar surface area (TPSA) is 37.3 Å². The molecule has 0 aliphatic heterocycles. The molecule has 1 atom stereocenters. The average Bonchev–Trinajstić information content (AvgIpc) is 1.85. The van der Waals surface area contributed by atoms with Crippen LogP contribution in [0.4, 0.5) is 0 Å². The van der Waals surface area contributed by atoms with Gasteiger partial charge < -0.3 is 17.5 Å². The largest absolute Gasteiger partial charge is 1.00 e. The molecule has 0 aromatic carbocycles. The summed E-state index contributed by atoms with van der Waals surface area (Å²) in [7, 11) is 5.73. The van der Waals surface area contributed by atoms with Crippen LogP contribution in [-0.2, 0) is 14.9 Å². The van der Waals surface area contributed by atoms with Crippen LogP contribution < -0.4 is 12.4 Å². The van der Waals surface area contributed by atoms with Crippen LogP contribution in [0.15, 0.2) is 0 Å². The first kappa shape index (κ1) is 14.9. The van der Waals surface area contributed by atoms with Gasteiger partial charge in [0, 0.05) is 6.42 Å². The van der Waals surface area contributed by atoms with E-state index in [1.165, 1.54) is 0 Å². The first-order valence-corrected chi connectivity index (χ1v) is 6.26. The van der Waals surface area contributed by atoms with Crippen LogP contribution in [0, 0.1) is 0 Å². The zero-order valence-electron chi connectivity index (χ0n) is 7.06. The average molecular weight is 233 g/mol. The standard InChI is InChI=1S/C7H13ClO2S.ClH/c1-11(8)6-4-2-3-5-7(9)10;/h2-6H2,1H3;1H. The summed E-state index contributed by atoms with van der Waals surface area (Å²) in [6.07, 6.45) is 5.09. The Hall–Kier alpha value is 0.400. The number of hydrogen-bond acceptors (Lipinski definition) is 1. The van der Waals surface area contributed by atoms with Crippen molar-refractivity contribution >= 4 is 26.8 Å². The van der Waals surface area contributed by atoms with Gasteiger partial charge in [-0.1, -0.05) is 0 Å². The molecule has 0 aromatic rings. The van der Waals surface area contributed by atoms with Crippen LogP contribution in [0.25, 0.3) is 0 Å². The van der Waals surface area contributed by atoms with Crippen molar-refractivity contribution in [2.24, 2.45) is 0 Å². The molecule has 0 saturated heterocycles. The highest BCUT2D eigenvalue weighted by atomic mass is 35.7. The van der Waals surface area contributed by atoms with E-state index in [9.17, 15) is 4.79 Å². The van der Waals surface area contributed by atoms with E-state index in [2.05, 4.69) is 0 Å². The van der Waals surface area contributed by atoms with Crippen LogP contribution in [0.1, 0.15) is 25.7 Å². The number of rotatable bonds is 6. The van der Waals surface area contributed by atoms with Crippen molar-refractivity contribution in [3.63, 3.8) is 0 Å². The first-order valence-electron chi connectivity index (χ1n) is 3.63. The Morgan fingerprint density at radius 1 is 1.42 bits per heavy atom. The van der Waals surface area contributed by atoms with Crippen molar-refractivity contribution in [3.05, 3.63) is 0 Å². The predicted molar refractivity (Wildman–Crippen MR) is 50.1 cm³/mol. The quantitative estimate of drug-likeness (QED) is 0.474. The minimum atomic E-state index is -0.702. The molecule has 1 N–H and O–H groups in total. The fourth-order valence-corrected chi connectivity index (χ4v) is 1.68. The van der Waals surface area contributed by atoms with Gasteiger partial charge >= 0.3 is 5.97 Å². The van der Waals surface area contributed by atoms with Crippen LogP contribution >= 0.6 is 10.7 Å². The number of carbonyl (C=O) groups is 1. The van der Waals surface area contributed by atoms with Crippen molar-refractivity contribution in [3.8, 4) is 0 Å². The normalized spacial score (nSPS) is 11.8. The smallest absolute Gasteiger partial charge is 0.303 e. The third kappa shape index (κ3) is 13.0. The molecule has 0 rings (SSSR count). The number of aliphatic carboxylic acids is 1. The number of carboxylic acids is 1. The van der Waals surface area contributed by atoms with Gasteiger partial charge in [-0.15, -0.1) is 0 Å². The van der Waals surface area contributed by atoms with E-state index in [1.54, 1.807) is 0 Å². The molecule has 0 saturated carbocycles. The summed E-state index contributed by atoms with van der Waals surface area (Å²) in [4.78, 5) is 10.1. The van der Waals surface area contributed by atoms with Gasteiger partial charge in [-0.3, -0.25) is 4.79 Å². The lowest BCUT2D eigenvalue weighted by Crippen LogP contribution is -3.00. The third-order valence-corrected chi connectivity index (χ3v) is 2.63. The lowest BCUT2D eigenvalue weighted by molar-refractivity contribution is -0.137. The number of hydrogen-bond donors (Lipinski definition) is 1. The molecule has 2 nitrogen and oxygen atoms in total.